The van der Waals surface area contributed by atoms with Gasteiger partial charge in [0.15, 0.2) is 0 Å². The molecule has 2 aromatic heterocycles. The van der Waals surface area contributed by atoms with Gasteiger partial charge in [-0.3, -0.25) is 4.98 Å². The third-order valence-electron chi connectivity index (χ3n) is 8.14. The highest BCUT2D eigenvalue weighted by molar-refractivity contribution is 7.21. The Hall–Kier alpha value is -3.28. The summed E-state index contributed by atoms with van der Waals surface area (Å²) in [5.41, 5.74) is 9.59. The maximum absolute atomic E-state index is 11.4. The molecule has 0 bridgehead atoms. The second kappa shape index (κ2) is 11.1. The van der Waals surface area contributed by atoms with Crippen LogP contribution in [0.4, 0.5) is 0 Å². The molecule has 0 saturated carbocycles. The van der Waals surface area contributed by atoms with Crippen LogP contribution in [-0.2, 0) is 5.41 Å². The Bertz CT molecular complexity index is 1750. The maximum Gasteiger partial charge on any atom is 0.129 e. The number of phenolic OH excluding ortho intramolecular Hbond substituents is 1. The molecule has 0 fully saturated rings. The van der Waals surface area contributed by atoms with Crippen molar-refractivity contribution in [2.75, 3.05) is 0 Å². The van der Waals surface area contributed by atoms with Gasteiger partial charge < -0.3 is 5.11 Å². The molecule has 3 aromatic carbocycles. The molecule has 5 rings (SSSR count). The molecule has 1 N–H and O–H groups in total. The molecule has 0 amide bonds. The molecule has 2 heterocycles. The zero-order chi connectivity index (χ0) is 30.6. The van der Waals surface area contributed by atoms with Crippen molar-refractivity contribution in [3.05, 3.63) is 83.6 Å². The Labute approximate surface area is 256 Å². The third-order valence-corrected chi connectivity index (χ3v) is 11.2. The summed E-state index contributed by atoms with van der Waals surface area (Å²) in [6.07, 6.45) is 2.07. The fourth-order valence-corrected chi connectivity index (χ4v) is 7.33. The van der Waals surface area contributed by atoms with Gasteiger partial charge in [-0.05, 0) is 75.0 Å². The fraction of sp³-hybridized carbons (Fsp3) is 0.351. The molecule has 218 valence electrons. The molecule has 0 aliphatic carbocycles. The van der Waals surface area contributed by atoms with E-state index in [1.54, 1.807) is 11.3 Å². The predicted octanol–water partition coefficient (Wildman–Crippen LogP) is 10.5. The third kappa shape index (κ3) is 5.95. The van der Waals surface area contributed by atoms with E-state index in [2.05, 4.69) is 135 Å². The fourth-order valence-electron chi connectivity index (χ4n) is 5.29. The van der Waals surface area contributed by atoms with Crippen LogP contribution in [0.25, 0.3) is 43.2 Å². The number of aromatic nitrogens is 2. The first-order chi connectivity index (χ1) is 19.6. The van der Waals surface area contributed by atoms with Crippen LogP contribution < -0.4 is 5.19 Å². The number of rotatable bonds is 6. The minimum absolute atomic E-state index is 0.0273. The average Bonchev–Trinajstić information content (AvgIpc) is 3.36. The van der Waals surface area contributed by atoms with Crippen LogP contribution in [0, 0.1) is 0 Å². The first kappa shape index (κ1) is 30.2. The summed E-state index contributed by atoms with van der Waals surface area (Å²) in [5.74, 6) is 0.929. The van der Waals surface area contributed by atoms with Crippen LogP contribution in [0.2, 0.25) is 19.6 Å². The minimum atomic E-state index is -1.43. The number of aromatic hydroxyl groups is 1. The van der Waals surface area contributed by atoms with Gasteiger partial charge in [0.25, 0.3) is 0 Å². The Morgan fingerprint density at radius 1 is 0.810 bits per heavy atom. The minimum Gasteiger partial charge on any atom is -0.507 e. The van der Waals surface area contributed by atoms with Gasteiger partial charge in [0.2, 0.25) is 0 Å². The highest BCUT2D eigenvalue weighted by Gasteiger charge is 2.22. The van der Waals surface area contributed by atoms with Crippen molar-refractivity contribution in [3.8, 4) is 38.7 Å². The molecule has 0 unspecified atom stereocenters. The van der Waals surface area contributed by atoms with E-state index in [9.17, 15) is 5.11 Å². The lowest BCUT2D eigenvalue weighted by Gasteiger charge is -2.22. The highest BCUT2D eigenvalue weighted by atomic mass is 32.1. The van der Waals surface area contributed by atoms with Gasteiger partial charge in [-0.2, -0.15) is 0 Å². The quantitative estimate of drug-likeness (QED) is 0.200. The molecule has 0 aliphatic heterocycles. The van der Waals surface area contributed by atoms with Gasteiger partial charge in [-0.15, -0.1) is 11.3 Å². The molecule has 42 heavy (non-hydrogen) atoms. The number of fused-ring (bicyclic) bond motifs is 1. The number of para-hydroxylation sites is 1. The second-order valence-corrected chi connectivity index (χ2v) is 20.3. The summed E-state index contributed by atoms with van der Waals surface area (Å²) in [7, 11) is -1.43. The van der Waals surface area contributed by atoms with Crippen LogP contribution in [0.5, 0.6) is 5.75 Å². The first-order valence-corrected chi connectivity index (χ1v) is 19.3. The first-order valence-electron chi connectivity index (χ1n) is 15.0. The number of pyridine rings is 1. The van der Waals surface area contributed by atoms with Crippen molar-refractivity contribution >= 4 is 34.8 Å². The van der Waals surface area contributed by atoms with Gasteiger partial charge in [0.05, 0.1) is 29.5 Å². The van der Waals surface area contributed by atoms with Crippen molar-refractivity contribution in [3.63, 3.8) is 0 Å². The smallest absolute Gasteiger partial charge is 0.129 e. The number of hydrogen-bond acceptors (Lipinski definition) is 4. The maximum atomic E-state index is 11.4. The molecular weight excluding hydrogens is 549 g/mol. The van der Waals surface area contributed by atoms with Crippen molar-refractivity contribution < 1.29 is 5.11 Å². The predicted molar refractivity (Wildman–Crippen MR) is 185 cm³/mol. The van der Waals surface area contributed by atoms with Gasteiger partial charge >= 0.3 is 0 Å². The topological polar surface area (TPSA) is 46.0 Å². The Morgan fingerprint density at radius 2 is 1.52 bits per heavy atom. The monoisotopic (exact) mass is 592 g/mol. The molecule has 0 atom stereocenters. The summed E-state index contributed by atoms with van der Waals surface area (Å²) >= 11 is 1.65. The van der Waals surface area contributed by atoms with E-state index < -0.39 is 8.07 Å². The molecule has 0 radical (unpaired) electrons. The highest BCUT2D eigenvalue weighted by Crippen LogP contribution is 2.43. The van der Waals surface area contributed by atoms with Crippen molar-refractivity contribution in [2.45, 2.75) is 85.4 Å². The molecule has 5 aromatic rings. The Kier molecular flexibility index (Phi) is 7.97. The van der Waals surface area contributed by atoms with E-state index in [1.165, 1.54) is 16.3 Å². The van der Waals surface area contributed by atoms with Gasteiger partial charge in [0.1, 0.15) is 10.8 Å². The lowest BCUT2D eigenvalue weighted by atomic mass is 9.83. The molecule has 0 spiro atoms. The lowest BCUT2D eigenvalue weighted by molar-refractivity contribution is 0.466. The zero-order valence-corrected chi connectivity index (χ0v) is 28.6. The van der Waals surface area contributed by atoms with Crippen LogP contribution in [0.15, 0.2) is 66.9 Å². The van der Waals surface area contributed by atoms with Gasteiger partial charge in [-0.1, -0.05) is 98.4 Å². The molecule has 0 aliphatic rings. The van der Waals surface area contributed by atoms with Crippen molar-refractivity contribution in [2.24, 2.45) is 0 Å². The van der Waals surface area contributed by atoms with Crippen molar-refractivity contribution in [1.29, 1.82) is 0 Å². The van der Waals surface area contributed by atoms with E-state index in [0.29, 0.717) is 11.7 Å². The van der Waals surface area contributed by atoms with Crippen LogP contribution in [0.1, 0.15) is 77.0 Å². The standard InChI is InChI=1S/C37H44N2OSSi/c1-22(2)24-19-30(23(3)4)35(40)31(20-24)36-39-34-29(12-11-13-33(34)41-36)25-16-26(18-27(17-25)37(5,6)7)32-15-14-28(21-38-32)42(8,9)10/h11-23,40H,1-10H3. The summed E-state index contributed by atoms with van der Waals surface area (Å²) in [5, 5.41) is 13.6. The van der Waals surface area contributed by atoms with Crippen LogP contribution in [-0.4, -0.2) is 23.1 Å². The zero-order valence-electron chi connectivity index (χ0n) is 26.8. The Morgan fingerprint density at radius 3 is 2.12 bits per heavy atom. The lowest BCUT2D eigenvalue weighted by Crippen LogP contribution is -2.37. The number of hydrogen-bond donors (Lipinski definition) is 1. The normalized spacial score (nSPS) is 12.6. The average molecular weight is 593 g/mol. The van der Waals surface area contributed by atoms with Crippen LogP contribution >= 0.6 is 11.3 Å². The number of benzene rings is 3. The van der Waals surface area contributed by atoms with Crippen LogP contribution in [0.3, 0.4) is 0 Å². The summed E-state index contributed by atoms with van der Waals surface area (Å²) in [6.45, 7) is 22.5. The molecule has 3 nitrogen and oxygen atoms in total. The summed E-state index contributed by atoms with van der Waals surface area (Å²) in [6, 6.07) is 22.0. The summed E-state index contributed by atoms with van der Waals surface area (Å²) < 4.78 is 1.11. The molecular formula is C37H44N2OSSi. The molecule has 5 heteroatoms. The van der Waals surface area contributed by atoms with Crippen molar-refractivity contribution in [1.82, 2.24) is 9.97 Å². The molecule has 0 saturated heterocycles. The largest absolute Gasteiger partial charge is 0.507 e. The number of phenols is 1. The van der Waals surface area contributed by atoms with E-state index in [4.69, 9.17) is 9.97 Å². The Balaban J connectivity index is 1.69. The van der Waals surface area contributed by atoms with E-state index in [-0.39, 0.29) is 11.3 Å². The number of thiazole rings is 1. The van der Waals surface area contributed by atoms with E-state index >= 15 is 0 Å². The van der Waals surface area contributed by atoms with E-state index in [0.717, 1.165) is 48.7 Å². The van der Waals surface area contributed by atoms with Gasteiger partial charge in [-0.25, -0.2) is 4.98 Å². The van der Waals surface area contributed by atoms with E-state index in [1.807, 2.05) is 0 Å². The number of nitrogens with zero attached hydrogens (tertiary/aromatic N) is 2. The van der Waals surface area contributed by atoms with Gasteiger partial charge in [0, 0.05) is 17.3 Å². The SMILES string of the molecule is CC(C)c1cc(-c2nc3c(-c4cc(-c5ccc([Si](C)(C)C)cn5)cc(C(C)(C)C)c4)cccc3s2)c(O)c(C(C)C)c1. The summed E-state index contributed by atoms with van der Waals surface area (Å²) in [4.78, 5) is 10.1. The second-order valence-electron chi connectivity index (χ2n) is 14.2.